The minimum absolute atomic E-state index is 0.0434. The van der Waals surface area contributed by atoms with Gasteiger partial charge in [-0.2, -0.15) is 0 Å². The van der Waals surface area contributed by atoms with Gasteiger partial charge in [-0.25, -0.2) is 12.7 Å². The van der Waals surface area contributed by atoms with E-state index in [1.54, 1.807) is 0 Å². The molecule has 0 aliphatic carbocycles. The first-order chi connectivity index (χ1) is 9.40. The standard InChI is InChI=1S/C13H20N2O4S/c1-10(14-6-7-20(16,17)15(2)3)11-4-5-12-13(8-11)19-9-18-12/h4-5,8,10,14H,6-7,9H2,1-3H3. The average molecular weight is 300 g/mol. The van der Waals surface area contributed by atoms with Crippen molar-refractivity contribution in [3.8, 4) is 11.5 Å². The summed E-state index contributed by atoms with van der Waals surface area (Å²) in [4.78, 5) is 0. The molecule has 0 aromatic heterocycles. The maximum Gasteiger partial charge on any atom is 0.231 e. The lowest BCUT2D eigenvalue weighted by Gasteiger charge is -2.16. The van der Waals surface area contributed by atoms with E-state index in [9.17, 15) is 8.42 Å². The summed E-state index contributed by atoms with van der Waals surface area (Å²) in [6.45, 7) is 2.64. The van der Waals surface area contributed by atoms with Crippen LogP contribution in [-0.4, -0.2) is 45.9 Å². The molecular weight excluding hydrogens is 280 g/mol. The summed E-state index contributed by atoms with van der Waals surface area (Å²) in [5, 5.41) is 3.20. The van der Waals surface area contributed by atoms with Crippen LogP contribution in [0.5, 0.6) is 11.5 Å². The highest BCUT2D eigenvalue weighted by Crippen LogP contribution is 2.34. The van der Waals surface area contributed by atoms with Crippen molar-refractivity contribution < 1.29 is 17.9 Å². The van der Waals surface area contributed by atoms with Crippen LogP contribution in [0.25, 0.3) is 0 Å². The summed E-state index contributed by atoms with van der Waals surface area (Å²) in [6, 6.07) is 5.78. The number of hydrogen-bond acceptors (Lipinski definition) is 5. The van der Waals surface area contributed by atoms with Crippen LogP contribution in [0.4, 0.5) is 0 Å². The second-order valence-electron chi connectivity index (χ2n) is 4.89. The molecule has 0 spiro atoms. The molecule has 0 bridgehead atoms. The molecular formula is C13H20N2O4S. The predicted octanol–water partition coefficient (Wildman–Crippen LogP) is 0.957. The van der Waals surface area contributed by atoms with Crippen molar-refractivity contribution in [3.05, 3.63) is 23.8 Å². The Bertz CT molecular complexity index is 572. The van der Waals surface area contributed by atoms with Crippen molar-refractivity contribution in [2.75, 3.05) is 33.2 Å². The fraction of sp³-hybridized carbons (Fsp3) is 0.538. The molecule has 1 aromatic carbocycles. The van der Waals surface area contributed by atoms with E-state index in [0.29, 0.717) is 6.54 Å². The molecule has 2 rings (SSSR count). The predicted molar refractivity (Wildman–Crippen MR) is 76.5 cm³/mol. The van der Waals surface area contributed by atoms with Gasteiger partial charge < -0.3 is 14.8 Å². The number of benzene rings is 1. The maximum absolute atomic E-state index is 11.7. The lowest BCUT2D eigenvalue weighted by Crippen LogP contribution is -2.32. The molecule has 1 atom stereocenters. The third-order valence-corrected chi connectivity index (χ3v) is 5.10. The van der Waals surface area contributed by atoms with Crippen LogP contribution in [0.3, 0.4) is 0 Å². The van der Waals surface area contributed by atoms with Gasteiger partial charge in [-0.1, -0.05) is 6.07 Å². The van der Waals surface area contributed by atoms with E-state index in [-0.39, 0.29) is 18.6 Å². The number of nitrogens with one attached hydrogen (secondary N) is 1. The van der Waals surface area contributed by atoms with Crippen LogP contribution in [0, 0.1) is 0 Å². The Morgan fingerprint density at radius 1 is 1.30 bits per heavy atom. The Balaban J connectivity index is 1.91. The van der Waals surface area contributed by atoms with Gasteiger partial charge in [0, 0.05) is 26.7 Å². The highest BCUT2D eigenvalue weighted by atomic mass is 32.2. The minimum atomic E-state index is -3.16. The van der Waals surface area contributed by atoms with Gasteiger partial charge in [-0.3, -0.25) is 0 Å². The Hall–Kier alpha value is -1.31. The Morgan fingerprint density at radius 3 is 2.70 bits per heavy atom. The third-order valence-electron chi connectivity index (χ3n) is 3.26. The van der Waals surface area contributed by atoms with Gasteiger partial charge >= 0.3 is 0 Å². The zero-order valence-corrected chi connectivity index (χ0v) is 12.7. The zero-order chi connectivity index (χ0) is 14.8. The van der Waals surface area contributed by atoms with E-state index in [0.717, 1.165) is 17.1 Å². The SMILES string of the molecule is CC(NCCS(=O)(=O)N(C)C)c1ccc2c(c1)OCO2. The van der Waals surface area contributed by atoms with Crippen LogP contribution in [0.15, 0.2) is 18.2 Å². The Kier molecular flexibility index (Phi) is 4.52. The first-order valence-electron chi connectivity index (χ1n) is 6.43. The monoisotopic (exact) mass is 300 g/mol. The average Bonchev–Trinajstić information content (AvgIpc) is 2.85. The second-order valence-corrected chi connectivity index (χ2v) is 7.19. The van der Waals surface area contributed by atoms with Crippen molar-refractivity contribution in [1.82, 2.24) is 9.62 Å². The van der Waals surface area contributed by atoms with Crippen LogP contribution in [-0.2, 0) is 10.0 Å². The van der Waals surface area contributed by atoms with Gasteiger partial charge in [-0.15, -0.1) is 0 Å². The molecule has 1 aromatic rings. The lowest BCUT2D eigenvalue weighted by atomic mass is 10.1. The maximum atomic E-state index is 11.7. The van der Waals surface area contributed by atoms with Crippen molar-refractivity contribution >= 4 is 10.0 Å². The van der Waals surface area contributed by atoms with Crippen molar-refractivity contribution in [2.45, 2.75) is 13.0 Å². The second kappa shape index (κ2) is 5.99. The first-order valence-corrected chi connectivity index (χ1v) is 8.04. The largest absolute Gasteiger partial charge is 0.454 e. The molecule has 0 saturated carbocycles. The quantitative estimate of drug-likeness (QED) is 0.847. The highest BCUT2D eigenvalue weighted by Gasteiger charge is 2.17. The van der Waals surface area contributed by atoms with Crippen molar-refractivity contribution in [3.63, 3.8) is 0 Å². The van der Waals surface area contributed by atoms with Crippen LogP contribution in [0.2, 0.25) is 0 Å². The molecule has 1 unspecified atom stereocenters. The van der Waals surface area contributed by atoms with Gasteiger partial charge in [0.2, 0.25) is 16.8 Å². The minimum Gasteiger partial charge on any atom is -0.454 e. The first kappa shape index (κ1) is 15.1. The number of ether oxygens (including phenoxy) is 2. The fourth-order valence-corrected chi connectivity index (χ4v) is 2.63. The van der Waals surface area contributed by atoms with Gasteiger partial charge in [0.1, 0.15) is 0 Å². The van der Waals surface area contributed by atoms with E-state index < -0.39 is 10.0 Å². The highest BCUT2D eigenvalue weighted by molar-refractivity contribution is 7.89. The molecule has 6 nitrogen and oxygen atoms in total. The summed E-state index contributed by atoms with van der Waals surface area (Å²) >= 11 is 0. The third kappa shape index (κ3) is 3.41. The van der Waals surface area contributed by atoms with Gasteiger partial charge in [0.05, 0.1) is 5.75 Å². The molecule has 1 N–H and O–H groups in total. The molecule has 20 heavy (non-hydrogen) atoms. The number of rotatable bonds is 6. The van der Waals surface area contributed by atoms with E-state index in [1.807, 2.05) is 25.1 Å². The molecule has 7 heteroatoms. The molecule has 0 radical (unpaired) electrons. The normalized spacial score (nSPS) is 15.6. The zero-order valence-electron chi connectivity index (χ0n) is 11.9. The van der Waals surface area contributed by atoms with Gasteiger partial charge in [0.25, 0.3) is 0 Å². The molecule has 1 aliphatic heterocycles. The smallest absolute Gasteiger partial charge is 0.231 e. The van der Waals surface area contributed by atoms with E-state index in [4.69, 9.17) is 9.47 Å². The Labute approximate surface area is 119 Å². The molecule has 0 amide bonds. The van der Waals surface area contributed by atoms with Gasteiger partial charge in [0.15, 0.2) is 11.5 Å². The molecule has 0 saturated heterocycles. The molecule has 1 aliphatic rings. The number of sulfonamides is 1. The summed E-state index contributed by atoms with van der Waals surface area (Å²) < 4.78 is 35.1. The summed E-state index contributed by atoms with van der Waals surface area (Å²) in [5.74, 6) is 1.56. The Morgan fingerprint density at radius 2 is 2.00 bits per heavy atom. The van der Waals surface area contributed by atoms with Crippen LogP contribution >= 0.6 is 0 Å². The van der Waals surface area contributed by atoms with Gasteiger partial charge in [-0.05, 0) is 24.6 Å². The molecule has 112 valence electrons. The molecule has 1 heterocycles. The number of nitrogens with zero attached hydrogens (tertiary/aromatic N) is 1. The topological polar surface area (TPSA) is 67.9 Å². The molecule has 0 fully saturated rings. The van der Waals surface area contributed by atoms with Crippen LogP contribution in [0.1, 0.15) is 18.5 Å². The van der Waals surface area contributed by atoms with Crippen molar-refractivity contribution in [2.24, 2.45) is 0 Å². The number of hydrogen-bond donors (Lipinski definition) is 1. The van der Waals surface area contributed by atoms with E-state index in [2.05, 4.69) is 5.32 Å². The summed E-state index contributed by atoms with van der Waals surface area (Å²) in [5.41, 5.74) is 1.04. The summed E-state index contributed by atoms with van der Waals surface area (Å²) in [7, 11) is -0.0829. The lowest BCUT2D eigenvalue weighted by molar-refractivity contribution is 0.174. The summed E-state index contributed by atoms with van der Waals surface area (Å²) in [6.07, 6.45) is 0. The van der Waals surface area contributed by atoms with E-state index >= 15 is 0 Å². The van der Waals surface area contributed by atoms with Crippen molar-refractivity contribution in [1.29, 1.82) is 0 Å². The number of fused-ring (bicyclic) bond motifs is 1. The fourth-order valence-electron chi connectivity index (χ4n) is 1.89. The van der Waals surface area contributed by atoms with E-state index in [1.165, 1.54) is 18.4 Å². The van der Waals surface area contributed by atoms with Crippen LogP contribution < -0.4 is 14.8 Å².